The van der Waals surface area contributed by atoms with Gasteiger partial charge in [-0.15, -0.1) is 0 Å². The Labute approximate surface area is 127 Å². The molecule has 2 rings (SSSR count). The quantitative estimate of drug-likeness (QED) is 0.507. The van der Waals surface area contributed by atoms with E-state index in [4.69, 9.17) is 9.88 Å². The second-order valence-corrected chi connectivity index (χ2v) is 6.36. The van der Waals surface area contributed by atoms with Crippen molar-refractivity contribution in [2.45, 2.75) is 18.7 Å². The molecule has 1 aliphatic heterocycles. The summed E-state index contributed by atoms with van der Waals surface area (Å²) in [6, 6.07) is 5.46. The monoisotopic (exact) mass is 322 g/mol. The molecular weight excluding hydrogens is 308 g/mol. The molecule has 116 valence electrons. The zero-order valence-corrected chi connectivity index (χ0v) is 12.8. The summed E-state index contributed by atoms with van der Waals surface area (Å²) < 4.78 is 27.2. The maximum Gasteiger partial charge on any atom is 0.327 e. The average molecular weight is 322 g/mol. The lowest BCUT2D eigenvalue weighted by atomic mass is 9.96. The molecule has 0 radical (unpaired) electrons. The predicted molar refractivity (Wildman–Crippen MR) is 78.9 cm³/mol. The molecule has 0 aliphatic carbocycles. The van der Waals surface area contributed by atoms with Crippen LogP contribution in [0.15, 0.2) is 46.0 Å². The highest BCUT2D eigenvalue weighted by Gasteiger charge is 2.33. The van der Waals surface area contributed by atoms with Crippen molar-refractivity contribution in [3.8, 4) is 0 Å². The van der Waals surface area contributed by atoms with Crippen LogP contribution in [0.2, 0.25) is 0 Å². The first-order valence-electron chi connectivity index (χ1n) is 6.30. The molecule has 0 aromatic heterocycles. The molecule has 1 aromatic rings. The minimum absolute atomic E-state index is 0.0455. The number of carbonyl (C=O) groups is 2. The largest absolute Gasteiger partial charge is 0.430 e. The predicted octanol–water partition coefficient (Wildman–Crippen LogP) is 1.07. The van der Waals surface area contributed by atoms with Crippen molar-refractivity contribution in [2.24, 2.45) is 16.0 Å². The van der Waals surface area contributed by atoms with Crippen molar-refractivity contribution in [1.29, 1.82) is 0 Å². The second-order valence-electron chi connectivity index (χ2n) is 4.80. The summed E-state index contributed by atoms with van der Waals surface area (Å²) in [5, 5.41) is 5.00. The van der Waals surface area contributed by atoms with Crippen LogP contribution >= 0.6 is 0 Å². The third kappa shape index (κ3) is 3.46. The first-order chi connectivity index (χ1) is 10.2. The normalized spacial score (nSPS) is 19.7. The molecule has 0 spiro atoms. The van der Waals surface area contributed by atoms with E-state index < -0.39 is 27.7 Å². The van der Waals surface area contributed by atoms with Crippen LogP contribution < -0.4 is 5.14 Å². The van der Waals surface area contributed by atoms with E-state index in [9.17, 15) is 18.0 Å². The Hall–Kier alpha value is -2.32. The smallest absolute Gasteiger partial charge is 0.327 e. The minimum Gasteiger partial charge on any atom is -0.430 e. The maximum atomic E-state index is 11.9. The first kappa shape index (κ1) is 16.1. The van der Waals surface area contributed by atoms with Gasteiger partial charge in [0, 0.05) is 11.8 Å². The van der Waals surface area contributed by atoms with Crippen LogP contribution in [0.25, 0.3) is 0 Å². The van der Waals surface area contributed by atoms with Gasteiger partial charge in [-0.25, -0.2) is 13.6 Å². The number of benzene rings is 1. The minimum atomic E-state index is -3.78. The molecule has 0 fully saturated rings. The summed E-state index contributed by atoms with van der Waals surface area (Å²) in [6.07, 6.45) is 1.25. The van der Waals surface area contributed by atoms with E-state index >= 15 is 0 Å². The van der Waals surface area contributed by atoms with E-state index in [1.54, 1.807) is 0 Å². The molecule has 0 amide bonds. The van der Waals surface area contributed by atoms with Gasteiger partial charge < -0.3 is 4.74 Å². The summed E-state index contributed by atoms with van der Waals surface area (Å²) in [7, 11) is -3.78. The molecule has 1 aliphatic rings. The van der Waals surface area contributed by atoms with Gasteiger partial charge in [0.25, 0.3) is 0 Å². The number of hydrogen-bond donors (Lipinski definition) is 1. The van der Waals surface area contributed by atoms with Crippen molar-refractivity contribution in [2.75, 3.05) is 0 Å². The molecular formula is C14H14N2O5S. The summed E-state index contributed by atoms with van der Waals surface area (Å²) in [5.41, 5.74) is 0.666. The molecule has 8 heteroatoms. The van der Waals surface area contributed by atoms with Gasteiger partial charge >= 0.3 is 5.97 Å². The summed E-state index contributed by atoms with van der Waals surface area (Å²) in [5.74, 6) is -1.90. The number of carbonyl (C=O) groups excluding carboxylic acids is 2. The van der Waals surface area contributed by atoms with Crippen LogP contribution in [0.4, 0.5) is 5.69 Å². The van der Waals surface area contributed by atoms with E-state index in [0.717, 1.165) is 0 Å². The molecule has 7 nitrogen and oxygen atoms in total. The lowest BCUT2D eigenvalue weighted by Gasteiger charge is -2.18. The highest BCUT2D eigenvalue weighted by molar-refractivity contribution is 7.89. The van der Waals surface area contributed by atoms with Crippen LogP contribution in [0.1, 0.15) is 13.8 Å². The van der Waals surface area contributed by atoms with Gasteiger partial charge in [0.1, 0.15) is 5.76 Å². The first-order valence-corrected chi connectivity index (χ1v) is 7.85. The number of cyclic esters (lactones) is 1. The van der Waals surface area contributed by atoms with Crippen molar-refractivity contribution in [3.63, 3.8) is 0 Å². The topological polar surface area (TPSA) is 116 Å². The van der Waals surface area contributed by atoms with Gasteiger partial charge in [-0.2, -0.15) is 0 Å². The number of ether oxygens (including phenoxy) is 1. The van der Waals surface area contributed by atoms with Crippen LogP contribution in [0, 0.1) is 5.92 Å². The number of rotatable bonds is 3. The number of allylic oxidation sites excluding steroid dienone is 2. The molecule has 1 heterocycles. The molecule has 0 saturated heterocycles. The lowest BCUT2D eigenvalue weighted by Crippen LogP contribution is -2.34. The van der Waals surface area contributed by atoms with Gasteiger partial charge in [-0.3, -0.25) is 14.6 Å². The highest BCUT2D eigenvalue weighted by Crippen LogP contribution is 2.21. The second kappa shape index (κ2) is 5.82. The number of hydrogen-bond acceptors (Lipinski definition) is 6. The molecule has 1 atom stereocenters. The fourth-order valence-corrected chi connectivity index (χ4v) is 2.52. The molecule has 22 heavy (non-hydrogen) atoms. The van der Waals surface area contributed by atoms with Gasteiger partial charge in [0.15, 0.2) is 11.7 Å². The number of sulfonamides is 1. The van der Waals surface area contributed by atoms with Gasteiger partial charge in [-0.05, 0) is 38.1 Å². The number of esters is 1. The van der Waals surface area contributed by atoms with Crippen LogP contribution in [0.5, 0.6) is 0 Å². The van der Waals surface area contributed by atoms with E-state index in [2.05, 4.69) is 4.99 Å². The number of nitrogens with zero attached hydrogens (tertiary/aromatic N) is 1. The van der Waals surface area contributed by atoms with Gasteiger partial charge in [0.2, 0.25) is 10.0 Å². The van der Waals surface area contributed by atoms with Crippen LogP contribution in [0.3, 0.4) is 0 Å². The standard InChI is InChI=1S/C14H14N2O5S/c1-8-7-12(17)13(14(18)21-8)9(2)16-10-3-5-11(6-4-10)22(15,19)20/h3-7,13H,1-2H3,(H2,15,19,20). The molecule has 1 aromatic carbocycles. The molecule has 1 unspecified atom stereocenters. The third-order valence-electron chi connectivity index (χ3n) is 3.02. The van der Waals surface area contributed by atoms with Crippen molar-refractivity contribution < 1.29 is 22.7 Å². The Morgan fingerprint density at radius 3 is 2.32 bits per heavy atom. The molecule has 0 bridgehead atoms. The Balaban J connectivity index is 2.29. The van der Waals surface area contributed by atoms with Crippen molar-refractivity contribution in [1.82, 2.24) is 0 Å². The fourth-order valence-electron chi connectivity index (χ4n) is 2.00. The summed E-state index contributed by atoms with van der Waals surface area (Å²) in [6.45, 7) is 3.05. The lowest BCUT2D eigenvalue weighted by molar-refractivity contribution is -0.146. The number of nitrogens with two attached hydrogens (primary N) is 1. The maximum absolute atomic E-state index is 11.9. The van der Waals surface area contributed by atoms with Crippen molar-refractivity contribution >= 4 is 33.2 Å². The molecule has 2 N–H and O–H groups in total. The Bertz CT molecular complexity index is 791. The average Bonchev–Trinajstić information content (AvgIpc) is 2.36. The van der Waals surface area contributed by atoms with E-state index in [-0.39, 0.29) is 16.4 Å². The zero-order chi connectivity index (χ0) is 16.5. The number of primary sulfonamides is 1. The van der Waals surface area contributed by atoms with Crippen LogP contribution in [-0.4, -0.2) is 25.9 Å². The molecule has 0 saturated carbocycles. The van der Waals surface area contributed by atoms with E-state index in [0.29, 0.717) is 5.69 Å². The SMILES string of the molecule is CC1=CC(=O)C(C(C)=Nc2ccc(S(N)(=O)=O)cc2)C(=O)O1. The van der Waals surface area contributed by atoms with Crippen LogP contribution in [-0.2, 0) is 24.3 Å². The van der Waals surface area contributed by atoms with Gasteiger partial charge in [-0.1, -0.05) is 0 Å². The zero-order valence-electron chi connectivity index (χ0n) is 11.9. The highest BCUT2D eigenvalue weighted by atomic mass is 32.2. The van der Waals surface area contributed by atoms with Crippen molar-refractivity contribution in [3.05, 3.63) is 36.1 Å². The van der Waals surface area contributed by atoms with E-state index in [1.807, 2.05) is 0 Å². The summed E-state index contributed by atoms with van der Waals surface area (Å²) >= 11 is 0. The summed E-state index contributed by atoms with van der Waals surface area (Å²) in [4.78, 5) is 27.8. The Morgan fingerprint density at radius 1 is 1.23 bits per heavy atom. The van der Waals surface area contributed by atoms with Gasteiger partial charge in [0.05, 0.1) is 10.6 Å². The Kier molecular flexibility index (Phi) is 4.25. The third-order valence-corrected chi connectivity index (χ3v) is 3.95. The number of aliphatic imine (C=N–C) groups is 1. The Morgan fingerprint density at radius 2 is 1.82 bits per heavy atom. The van der Waals surface area contributed by atoms with E-state index in [1.165, 1.54) is 44.2 Å². The fraction of sp³-hybridized carbons (Fsp3) is 0.214. The number of ketones is 1.